The highest BCUT2D eigenvalue weighted by molar-refractivity contribution is 6.37. The third-order valence-corrected chi connectivity index (χ3v) is 4.60. The number of aryl methyl sites for hydroxylation is 1. The van der Waals surface area contributed by atoms with Crippen LogP contribution in [0, 0.1) is 0 Å². The van der Waals surface area contributed by atoms with Crippen LogP contribution in [0.3, 0.4) is 0 Å². The smallest absolute Gasteiger partial charge is 0.341 e. The number of amides is 1. The van der Waals surface area contributed by atoms with Crippen LogP contribution in [0.1, 0.15) is 36.2 Å². The molecule has 0 aliphatic carbocycles. The summed E-state index contributed by atoms with van der Waals surface area (Å²) in [4.78, 5) is 24.6. The summed E-state index contributed by atoms with van der Waals surface area (Å²) in [5, 5.41) is 3.26. The zero-order valence-corrected chi connectivity index (χ0v) is 16.7. The third kappa shape index (κ3) is 6.15. The maximum Gasteiger partial charge on any atom is 0.341 e. The Morgan fingerprint density at radius 1 is 1.15 bits per heavy atom. The summed E-state index contributed by atoms with van der Waals surface area (Å²) in [5.74, 6) is -1.13. The van der Waals surface area contributed by atoms with Gasteiger partial charge in [0.25, 0.3) is 5.91 Å². The van der Waals surface area contributed by atoms with Gasteiger partial charge in [0, 0.05) is 11.1 Å². The van der Waals surface area contributed by atoms with Gasteiger partial charge in [-0.05, 0) is 44.4 Å². The van der Waals surface area contributed by atoms with Gasteiger partial charge in [-0.25, -0.2) is 4.79 Å². The Morgan fingerprint density at radius 3 is 2.48 bits per heavy atom. The minimum atomic E-state index is -0.978. The molecule has 2 rings (SSSR count). The fourth-order valence-corrected chi connectivity index (χ4v) is 2.98. The van der Waals surface area contributed by atoms with Gasteiger partial charge < -0.3 is 15.8 Å². The van der Waals surface area contributed by atoms with Gasteiger partial charge in [0.05, 0.1) is 16.3 Å². The van der Waals surface area contributed by atoms with Crippen LogP contribution in [0.15, 0.2) is 42.5 Å². The van der Waals surface area contributed by atoms with Crippen LogP contribution < -0.4 is 11.1 Å². The van der Waals surface area contributed by atoms with Crippen LogP contribution in [-0.4, -0.2) is 24.0 Å². The van der Waals surface area contributed by atoms with Crippen LogP contribution in [0.25, 0.3) is 0 Å². The molecule has 27 heavy (non-hydrogen) atoms. The quantitative estimate of drug-likeness (QED) is 0.529. The van der Waals surface area contributed by atoms with E-state index in [4.69, 9.17) is 33.7 Å². The van der Waals surface area contributed by atoms with Crippen molar-refractivity contribution in [1.82, 2.24) is 5.32 Å². The van der Waals surface area contributed by atoms with E-state index in [2.05, 4.69) is 5.32 Å². The van der Waals surface area contributed by atoms with Crippen LogP contribution in [0.5, 0.6) is 0 Å². The highest BCUT2D eigenvalue weighted by Crippen LogP contribution is 2.28. The molecule has 0 spiro atoms. The Bertz CT molecular complexity index is 812. The second-order valence-corrected chi connectivity index (χ2v) is 7.17. The zero-order valence-electron chi connectivity index (χ0n) is 15.2. The van der Waals surface area contributed by atoms with Crippen molar-refractivity contribution in [2.45, 2.75) is 38.8 Å². The lowest BCUT2D eigenvalue weighted by molar-refractivity contribution is -0.129. The number of carbonyl (C=O) groups is 2. The normalized spacial score (nSPS) is 12.9. The van der Waals surface area contributed by atoms with E-state index < -0.39 is 12.1 Å². The minimum Gasteiger partial charge on any atom is -0.449 e. The van der Waals surface area contributed by atoms with Crippen molar-refractivity contribution in [3.63, 3.8) is 0 Å². The molecule has 0 aromatic heterocycles. The van der Waals surface area contributed by atoms with E-state index in [-0.39, 0.29) is 33.2 Å². The van der Waals surface area contributed by atoms with Crippen molar-refractivity contribution in [1.29, 1.82) is 0 Å². The van der Waals surface area contributed by atoms with Crippen molar-refractivity contribution in [3.05, 3.63) is 63.6 Å². The van der Waals surface area contributed by atoms with Gasteiger partial charge in [0.1, 0.15) is 0 Å². The minimum absolute atomic E-state index is 0.0317. The average molecular weight is 409 g/mol. The Hall–Kier alpha value is -2.24. The number of carbonyl (C=O) groups excluding carboxylic acids is 2. The lowest BCUT2D eigenvalue weighted by Crippen LogP contribution is -2.41. The first kappa shape index (κ1) is 21.1. The highest BCUT2D eigenvalue weighted by atomic mass is 35.5. The second kappa shape index (κ2) is 9.62. The Kier molecular flexibility index (Phi) is 7.51. The van der Waals surface area contributed by atoms with E-state index in [0.717, 1.165) is 12.8 Å². The monoisotopic (exact) mass is 408 g/mol. The van der Waals surface area contributed by atoms with Crippen molar-refractivity contribution < 1.29 is 14.3 Å². The van der Waals surface area contributed by atoms with Crippen molar-refractivity contribution >= 4 is 40.8 Å². The molecule has 7 heteroatoms. The first-order valence-corrected chi connectivity index (χ1v) is 9.33. The molecule has 1 amide bonds. The topological polar surface area (TPSA) is 81.4 Å². The van der Waals surface area contributed by atoms with E-state index in [0.29, 0.717) is 0 Å². The lowest BCUT2D eigenvalue weighted by Gasteiger charge is -2.18. The predicted octanol–water partition coefficient (Wildman–Crippen LogP) is 4.26. The van der Waals surface area contributed by atoms with E-state index in [1.807, 2.05) is 37.3 Å². The first-order valence-electron chi connectivity index (χ1n) is 8.57. The summed E-state index contributed by atoms with van der Waals surface area (Å²) in [6, 6.07) is 12.7. The summed E-state index contributed by atoms with van der Waals surface area (Å²) in [6.45, 7) is 3.41. The van der Waals surface area contributed by atoms with Crippen LogP contribution in [0.2, 0.25) is 10.0 Å². The zero-order chi connectivity index (χ0) is 20.0. The molecule has 0 saturated heterocycles. The molecule has 3 N–H and O–H groups in total. The van der Waals surface area contributed by atoms with Crippen molar-refractivity contribution in [2.75, 3.05) is 5.73 Å². The average Bonchev–Trinajstić information content (AvgIpc) is 2.63. The summed E-state index contributed by atoms with van der Waals surface area (Å²) in [6.07, 6.45) is 0.634. The van der Waals surface area contributed by atoms with Crippen molar-refractivity contribution in [3.8, 4) is 0 Å². The largest absolute Gasteiger partial charge is 0.449 e. The molecule has 5 nitrogen and oxygen atoms in total. The molecule has 0 heterocycles. The number of hydrogen-bond donors (Lipinski definition) is 2. The van der Waals surface area contributed by atoms with Gasteiger partial charge >= 0.3 is 5.97 Å². The Balaban J connectivity index is 1.88. The molecule has 2 unspecified atom stereocenters. The molecule has 0 aliphatic heterocycles. The second-order valence-electron chi connectivity index (χ2n) is 6.33. The molecule has 2 aromatic carbocycles. The standard InChI is InChI=1S/C20H22Cl2N2O3/c1-12(8-9-14-6-4-3-5-7-14)24-19(25)13(2)27-20(26)16-10-15(21)11-17(22)18(16)23/h3-7,10-13H,8-9,23H2,1-2H3,(H,24,25). The van der Waals surface area contributed by atoms with Gasteiger partial charge in [-0.15, -0.1) is 0 Å². The van der Waals surface area contributed by atoms with Gasteiger partial charge in [-0.3, -0.25) is 4.79 Å². The molecule has 2 aromatic rings. The van der Waals surface area contributed by atoms with Crippen LogP contribution in [-0.2, 0) is 16.0 Å². The van der Waals surface area contributed by atoms with Gasteiger partial charge in [0.15, 0.2) is 6.10 Å². The molecule has 0 radical (unpaired) electrons. The fourth-order valence-electron chi connectivity index (χ4n) is 2.49. The number of ether oxygens (including phenoxy) is 1. The fraction of sp³-hybridized carbons (Fsp3) is 0.300. The first-order chi connectivity index (χ1) is 12.8. The summed E-state index contributed by atoms with van der Waals surface area (Å²) in [7, 11) is 0. The predicted molar refractivity (Wildman–Crippen MR) is 108 cm³/mol. The van der Waals surface area contributed by atoms with Gasteiger partial charge in [-0.1, -0.05) is 53.5 Å². The maximum absolute atomic E-state index is 12.3. The number of hydrogen-bond acceptors (Lipinski definition) is 4. The third-order valence-electron chi connectivity index (χ3n) is 4.06. The number of nitrogens with two attached hydrogens (primary N) is 1. The van der Waals surface area contributed by atoms with E-state index in [1.165, 1.54) is 24.6 Å². The molecule has 0 bridgehead atoms. The number of rotatable bonds is 7. The lowest BCUT2D eigenvalue weighted by atomic mass is 10.1. The number of esters is 1. The Labute approximate surface area is 168 Å². The molecular weight excluding hydrogens is 387 g/mol. The molecular formula is C20H22Cl2N2O3. The number of halogens is 2. The van der Waals surface area contributed by atoms with Crippen LogP contribution in [0.4, 0.5) is 5.69 Å². The SMILES string of the molecule is CC(CCc1ccccc1)NC(=O)C(C)OC(=O)c1cc(Cl)cc(Cl)c1N. The van der Waals surface area contributed by atoms with E-state index in [1.54, 1.807) is 0 Å². The van der Waals surface area contributed by atoms with Gasteiger partial charge in [0.2, 0.25) is 0 Å². The molecule has 144 valence electrons. The van der Waals surface area contributed by atoms with Gasteiger partial charge in [-0.2, -0.15) is 0 Å². The van der Waals surface area contributed by atoms with E-state index >= 15 is 0 Å². The maximum atomic E-state index is 12.3. The summed E-state index contributed by atoms with van der Waals surface area (Å²) in [5.41, 5.74) is 7.08. The molecule has 0 aliphatic rings. The number of nitrogens with one attached hydrogen (secondary N) is 1. The number of anilines is 1. The van der Waals surface area contributed by atoms with E-state index in [9.17, 15) is 9.59 Å². The number of benzene rings is 2. The molecule has 2 atom stereocenters. The Morgan fingerprint density at radius 2 is 1.81 bits per heavy atom. The summed E-state index contributed by atoms with van der Waals surface area (Å²) >= 11 is 11.8. The number of nitrogen functional groups attached to an aromatic ring is 1. The molecule has 0 fully saturated rings. The molecule has 0 saturated carbocycles. The summed E-state index contributed by atoms with van der Waals surface area (Å²) < 4.78 is 5.20. The van der Waals surface area contributed by atoms with Crippen LogP contribution >= 0.6 is 23.2 Å². The van der Waals surface area contributed by atoms with Crippen molar-refractivity contribution in [2.24, 2.45) is 0 Å². The highest BCUT2D eigenvalue weighted by Gasteiger charge is 2.22.